The van der Waals surface area contributed by atoms with Crippen molar-refractivity contribution in [2.45, 2.75) is 92.4 Å². The van der Waals surface area contributed by atoms with Crippen molar-refractivity contribution in [1.82, 2.24) is 5.32 Å². The third kappa shape index (κ3) is 3.72. The molecule has 1 heterocycles. The van der Waals surface area contributed by atoms with Crippen molar-refractivity contribution in [3.63, 3.8) is 0 Å². The van der Waals surface area contributed by atoms with Crippen LogP contribution in [0.15, 0.2) is 12.2 Å². The summed E-state index contributed by atoms with van der Waals surface area (Å²) in [6.45, 7) is 13.3. The van der Waals surface area contributed by atoms with Crippen LogP contribution in [0.5, 0.6) is 0 Å². The number of fused-ring (bicyclic) bond motifs is 5. The van der Waals surface area contributed by atoms with Crippen molar-refractivity contribution in [1.29, 1.82) is 0 Å². The second-order valence-electron chi connectivity index (χ2n) is 12.1. The van der Waals surface area contributed by atoms with Crippen LogP contribution in [0.4, 0.5) is 0 Å². The number of amides is 1. The number of hydrogen-bond donors (Lipinski definition) is 1. The van der Waals surface area contributed by atoms with E-state index in [1.807, 2.05) is 6.08 Å². The van der Waals surface area contributed by atoms with Gasteiger partial charge in [-0.25, -0.2) is 0 Å². The molecule has 8 atom stereocenters. The molecular weight excluding hydrogens is 354 g/mol. The van der Waals surface area contributed by atoms with E-state index in [0.29, 0.717) is 11.3 Å². The first-order chi connectivity index (χ1) is 13.8. The van der Waals surface area contributed by atoms with Crippen molar-refractivity contribution in [2.75, 3.05) is 6.54 Å². The van der Waals surface area contributed by atoms with Gasteiger partial charge in [0.1, 0.15) is 0 Å². The predicted molar refractivity (Wildman–Crippen MR) is 121 cm³/mol. The van der Waals surface area contributed by atoms with E-state index in [0.717, 1.165) is 42.1 Å². The average molecular weight is 400 g/mol. The quantitative estimate of drug-likeness (QED) is 0.553. The first-order valence-electron chi connectivity index (χ1n) is 12.7. The fourth-order valence-corrected chi connectivity index (χ4v) is 8.61. The summed E-state index contributed by atoms with van der Waals surface area (Å²) in [5.74, 6) is 5.97. The molecule has 1 aliphatic heterocycles. The number of allylic oxidation sites excluding steroid dienone is 1. The molecule has 2 nitrogen and oxygen atoms in total. The molecule has 0 unspecified atom stereocenters. The van der Waals surface area contributed by atoms with E-state index in [1.54, 1.807) is 0 Å². The molecule has 0 saturated heterocycles. The van der Waals surface area contributed by atoms with E-state index in [9.17, 15) is 4.79 Å². The van der Waals surface area contributed by atoms with Crippen LogP contribution in [0.25, 0.3) is 0 Å². The van der Waals surface area contributed by atoms with Gasteiger partial charge in [-0.3, -0.25) is 4.79 Å². The van der Waals surface area contributed by atoms with E-state index < -0.39 is 0 Å². The minimum Gasteiger partial charge on any atom is -0.352 e. The maximum Gasteiger partial charge on any atom is 0.243 e. The van der Waals surface area contributed by atoms with E-state index >= 15 is 0 Å². The molecule has 4 rings (SSSR count). The molecule has 3 saturated carbocycles. The summed E-state index contributed by atoms with van der Waals surface area (Å²) in [6.07, 6.45) is 16.8. The molecule has 3 fully saturated rings. The van der Waals surface area contributed by atoms with Gasteiger partial charge in [-0.2, -0.15) is 0 Å². The highest BCUT2D eigenvalue weighted by Crippen LogP contribution is 2.67. The lowest BCUT2D eigenvalue weighted by molar-refractivity contribution is -0.116. The van der Waals surface area contributed by atoms with Gasteiger partial charge in [0.2, 0.25) is 5.91 Å². The Morgan fingerprint density at radius 3 is 2.59 bits per heavy atom. The molecule has 4 aliphatic rings. The van der Waals surface area contributed by atoms with E-state index in [2.05, 4.69) is 46.0 Å². The normalized spacial score (nSPS) is 45.2. The van der Waals surface area contributed by atoms with Crippen LogP contribution in [0.2, 0.25) is 0 Å². The number of carbonyl (C=O) groups excluding carboxylic acids is 1. The van der Waals surface area contributed by atoms with Crippen LogP contribution in [-0.4, -0.2) is 12.5 Å². The molecule has 1 amide bonds. The maximum absolute atomic E-state index is 12.0. The summed E-state index contributed by atoms with van der Waals surface area (Å²) >= 11 is 0. The lowest BCUT2D eigenvalue weighted by Gasteiger charge is -2.58. The highest BCUT2D eigenvalue weighted by atomic mass is 16.1. The first kappa shape index (κ1) is 21.4. The molecule has 164 valence electrons. The summed E-state index contributed by atoms with van der Waals surface area (Å²) in [7, 11) is 0. The summed E-state index contributed by atoms with van der Waals surface area (Å²) in [4.78, 5) is 12.0. The monoisotopic (exact) mass is 399 g/mol. The zero-order valence-electron chi connectivity index (χ0n) is 19.7. The molecular formula is C27H45NO. The number of carbonyl (C=O) groups is 1. The van der Waals surface area contributed by atoms with Crippen LogP contribution >= 0.6 is 0 Å². The highest BCUT2D eigenvalue weighted by molar-refractivity contribution is 5.87. The lowest BCUT2D eigenvalue weighted by Crippen LogP contribution is -2.52. The molecule has 29 heavy (non-hydrogen) atoms. The standard InChI is InChI=1S/C27H45NO/c1-18(2)7-6-8-19(3)22-11-12-23-21-10-9-20-17-28-25(29)14-16-26(20,4)24(21)13-15-27(22,23)5/h14,16,18-24H,6-13,15,17H2,1-5H3,(H,28,29)/t19-,20+,21+,22-,23+,24+,26+,27-/m1/s1. The molecule has 2 heteroatoms. The minimum absolute atomic E-state index is 0.119. The molecule has 0 aromatic rings. The van der Waals surface area contributed by atoms with Gasteiger partial charge in [-0.15, -0.1) is 0 Å². The van der Waals surface area contributed by atoms with Crippen molar-refractivity contribution in [2.24, 2.45) is 52.3 Å². The van der Waals surface area contributed by atoms with Gasteiger partial charge < -0.3 is 5.32 Å². The van der Waals surface area contributed by atoms with Gasteiger partial charge in [-0.05, 0) is 96.9 Å². The van der Waals surface area contributed by atoms with Gasteiger partial charge in [0, 0.05) is 6.54 Å². The molecule has 0 bridgehead atoms. The summed E-state index contributed by atoms with van der Waals surface area (Å²) in [5.41, 5.74) is 0.772. The lowest BCUT2D eigenvalue weighted by atomic mass is 9.46. The molecule has 0 aromatic carbocycles. The number of nitrogens with one attached hydrogen (secondary N) is 1. The molecule has 3 aliphatic carbocycles. The van der Waals surface area contributed by atoms with E-state index in [-0.39, 0.29) is 11.3 Å². The van der Waals surface area contributed by atoms with Crippen LogP contribution in [0.1, 0.15) is 92.4 Å². The van der Waals surface area contributed by atoms with Crippen LogP contribution in [0, 0.1) is 52.3 Å². The van der Waals surface area contributed by atoms with Gasteiger partial charge >= 0.3 is 0 Å². The van der Waals surface area contributed by atoms with Crippen LogP contribution in [0.3, 0.4) is 0 Å². The second kappa shape index (κ2) is 8.04. The Kier molecular flexibility index (Phi) is 5.95. The van der Waals surface area contributed by atoms with Crippen LogP contribution < -0.4 is 5.32 Å². The highest BCUT2D eigenvalue weighted by Gasteiger charge is 2.59. The van der Waals surface area contributed by atoms with Gasteiger partial charge in [-0.1, -0.05) is 60.0 Å². The van der Waals surface area contributed by atoms with E-state index in [4.69, 9.17) is 0 Å². The van der Waals surface area contributed by atoms with E-state index in [1.165, 1.54) is 57.8 Å². The maximum atomic E-state index is 12.0. The molecule has 1 N–H and O–H groups in total. The third-order valence-corrected chi connectivity index (χ3v) is 10.3. The predicted octanol–water partition coefficient (Wildman–Crippen LogP) is 6.61. The Bertz CT molecular complexity index is 638. The van der Waals surface area contributed by atoms with Crippen molar-refractivity contribution >= 4 is 5.91 Å². The topological polar surface area (TPSA) is 29.1 Å². The number of rotatable bonds is 5. The van der Waals surface area contributed by atoms with Crippen molar-refractivity contribution in [3.8, 4) is 0 Å². The Balaban J connectivity index is 1.50. The summed E-state index contributed by atoms with van der Waals surface area (Å²) in [5, 5.41) is 3.14. The Morgan fingerprint density at radius 2 is 1.83 bits per heavy atom. The second-order valence-corrected chi connectivity index (χ2v) is 12.1. The third-order valence-electron chi connectivity index (χ3n) is 10.3. The number of hydrogen-bond acceptors (Lipinski definition) is 1. The van der Waals surface area contributed by atoms with Crippen molar-refractivity contribution < 1.29 is 4.79 Å². The van der Waals surface area contributed by atoms with Crippen LogP contribution in [-0.2, 0) is 4.79 Å². The van der Waals surface area contributed by atoms with Crippen molar-refractivity contribution in [3.05, 3.63) is 12.2 Å². The van der Waals surface area contributed by atoms with Gasteiger partial charge in [0.15, 0.2) is 0 Å². The SMILES string of the molecule is CC(C)CCC[C@@H](C)[C@H]1CC[C@H]2[C@@H]3CC[C@H]4CNC(=O)C=C[C@]4(C)[C@H]3CC[C@]12C. The Hall–Kier alpha value is -0.790. The zero-order chi connectivity index (χ0) is 20.8. The fourth-order valence-electron chi connectivity index (χ4n) is 8.61. The molecule has 0 radical (unpaired) electrons. The first-order valence-corrected chi connectivity index (χ1v) is 12.7. The van der Waals surface area contributed by atoms with Gasteiger partial charge in [0.05, 0.1) is 0 Å². The fraction of sp³-hybridized carbons (Fsp3) is 0.889. The molecule has 0 spiro atoms. The summed E-state index contributed by atoms with van der Waals surface area (Å²) < 4.78 is 0. The smallest absolute Gasteiger partial charge is 0.243 e. The Morgan fingerprint density at radius 1 is 1.03 bits per heavy atom. The molecule has 0 aromatic heterocycles. The largest absolute Gasteiger partial charge is 0.352 e. The minimum atomic E-state index is 0.119. The summed E-state index contributed by atoms with van der Waals surface area (Å²) in [6, 6.07) is 0. The zero-order valence-corrected chi connectivity index (χ0v) is 19.7. The average Bonchev–Trinajstić information content (AvgIpc) is 2.94. The van der Waals surface area contributed by atoms with Gasteiger partial charge in [0.25, 0.3) is 0 Å². The Labute approximate surface area is 179 Å².